The average molecular weight is 516 g/mol. The molecule has 0 saturated heterocycles. The number of Topliss-reactive ketones (excluding diaryl/α,β-unsaturated/α-hetero) is 2. The van der Waals surface area contributed by atoms with Gasteiger partial charge in [-0.2, -0.15) is 0 Å². The first-order valence-corrected chi connectivity index (χ1v) is 11.9. The van der Waals surface area contributed by atoms with Crippen LogP contribution >= 0.6 is 0 Å². The lowest BCUT2D eigenvalue weighted by molar-refractivity contribution is -0.147. The van der Waals surface area contributed by atoms with E-state index >= 15 is 0 Å². The molecule has 10 heteroatoms. The van der Waals surface area contributed by atoms with E-state index < -0.39 is 52.0 Å². The lowest BCUT2D eigenvalue weighted by Gasteiger charge is -2.46. The fourth-order valence-corrected chi connectivity index (χ4v) is 5.73. The van der Waals surface area contributed by atoms with Crippen molar-refractivity contribution in [3.05, 3.63) is 69.8 Å². The third-order valence-electron chi connectivity index (χ3n) is 7.51. The van der Waals surface area contributed by atoms with E-state index in [9.17, 15) is 34.8 Å². The number of fused-ring (bicyclic) bond motifs is 3. The Morgan fingerprint density at radius 1 is 1.16 bits per heavy atom. The summed E-state index contributed by atoms with van der Waals surface area (Å²) in [6.07, 6.45) is 1.49. The topological polar surface area (TPSA) is 174 Å². The zero-order valence-electron chi connectivity index (χ0n) is 20.6. The number of primary amides is 1. The number of amides is 1. The number of rotatable bonds is 2. The van der Waals surface area contributed by atoms with Crippen molar-refractivity contribution in [2.75, 3.05) is 19.0 Å². The fourth-order valence-electron chi connectivity index (χ4n) is 5.73. The van der Waals surface area contributed by atoms with Gasteiger partial charge >= 0.3 is 0 Å². The van der Waals surface area contributed by atoms with Gasteiger partial charge in [0, 0.05) is 43.9 Å². The summed E-state index contributed by atoms with van der Waals surface area (Å²) in [4.78, 5) is 43.9. The van der Waals surface area contributed by atoms with Crippen molar-refractivity contribution >= 4 is 28.9 Å². The maximum Gasteiger partial charge on any atom is 0.255 e. The van der Waals surface area contributed by atoms with E-state index in [1.54, 1.807) is 49.5 Å². The van der Waals surface area contributed by atoms with Crippen molar-refractivity contribution in [3.63, 3.8) is 0 Å². The van der Waals surface area contributed by atoms with E-state index in [0.29, 0.717) is 16.9 Å². The number of carbonyl (C=O) groups is 3. The number of ketones is 2. The van der Waals surface area contributed by atoms with Crippen LogP contribution in [0.25, 0.3) is 5.76 Å². The van der Waals surface area contributed by atoms with E-state index in [4.69, 9.17) is 5.73 Å². The molecule has 3 atom stereocenters. The summed E-state index contributed by atoms with van der Waals surface area (Å²) in [7, 11) is 3.58. The second-order valence-electron chi connectivity index (χ2n) is 9.91. The highest BCUT2D eigenvalue weighted by Crippen LogP contribution is 2.53. The molecule has 38 heavy (non-hydrogen) atoms. The van der Waals surface area contributed by atoms with Gasteiger partial charge in [-0.05, 0) is 48.4 Å². The van der Waals surface area contributed by atoms with Gasteiger partial charge in [0.05, 0.1) is 11.1 Å². The highest BCUT2D eigenvalue weighted by atomic mass is 16.3. The molecule has 10 nitrogen and oxygen atoms in total. The number of carbonyl (C=O) groups excluding carboxylic acids is 3. The summed E-state index contributed by atoms with van der Waals surface area (Å²) < 4.78 is 0. The Balaban J connectivity index is 1.71. The number of phenolic OH excluding ortho intramolecular Hbond substituents is 1. The molecule has 0 radical (unpaired) electrons. The third-order valence-corrected chi connectivity index (χ3v) is 7.51. The summed E-state index contributed by atoms with van der Waals surface area (Å²) in [5.74, 6) is -0.963. The number of nitrogens with zero attached hydrogens (tertiary/aromatic N) is 2. The summed E-state index contributed by atoms with van der Waals surface area (Å²) in [6, 6.07) is 6.89. The van der Waals surface area contributed by atoms with Gasteiger partial charge in [0.25, 0.3) is 5.91 Å². The minimum absolute atomic E-state index is 0.00588. The summed E-state index contributed by atoms with van der Waals surface area (Å²) in [5, 5.41) is 44.7. The van der Waals surface area contributed by atoms with Gasteiger partial charge in [-0.3, -0.25) is 14.4 Å². The Morgan fingerprint density at radius 2 is 1.89 bits per heavy atom. The zero-order chi connectivity index (χ0) is 27.5. The maximum absolute atomic E-state index is 13.7. The molecule has 1 fully saturated rings. The molecular weight excluding hydrogens is 490 g/mol. The van der Waals surface area contributed by atoms with Gasteiger partial charge in [-0.15, -0.1) is 0 Å². The van der Waals surface area contributed by atoms with Crippen LogP contribution < -0.4 is 10.6 Å². The molecule has 3 unspecified atom stereocenters. The van der Waals surface area contributed by atoms with Crippen molar-refractivity contribution in [3.8, 4) is 17.6 Å². The highest BCUT2D eigenvalue weighted by Gasteiger charge is 2.60. The van der Waals surface area contributed by atoms with Crippen molar-refractivity contribution < 1.29 is 34.8 Å². The number of pyridine rings is 1. The first-order valence-electron chi connectivity index (χ1n) is 11.9. The first-order chi connectivity index (χ1) is 18.0. The predicted molar refractivity (Wildman–Crippen MR) is 136 cm³/mol. The van der Waals surface area contributed by atoms with Gasteiger partial charge in [-0.25, -0.2) is 4.98 Å². The number of hydrogen-bond acceptors (Lipinski definition) is 9. The molecule has 1 aromatic heterocycles. The summed E-state index contributed by atoms with van der Waals surface area (Å²) in [5.41, 5.74) is 3.48. The molecule has 3 aliphatic carbocycles. The number of aromatic nitrogens is 1. The van der Waals surface area contributed by atoms with E-state index in [2.05, 4.69) is 16.8 Å². The number of hydrogen-bond donors (Lipinski definition) is 5. The molecule has 1 amide bonds. The molecule has 1 saturated carbocycles. The van der Waals surface area contributed by atoms with E-state index in [1.807, 2.05) is 0 Å². The predicted octanol–water partition coefficient (Wildman–Crippen LogP) is 1.28. The fraction of sp³-hybridized carbons (Fsp3) is 0.286. The molecule has 3 aliphatic rings. The lowest BCUT2D eigenvalue weighted by atomic mass is 9.59. The SMILES string of the molecule is CN(C)c1cc(C#Cc2ccccn2)c(O)c2c1CC1CC3CC(=O)C(C(N)=O)=C(O)C3(O)C(=O)C1=C2O. The highest BCUT2D eigenvalue weighted by molar-refractivity contribution is 6.22. The third kappa shape index (κ3) is 3.55. The Hall–Kier alpha value is -4.62. The van der Waals surface area contributed by atoms with E-state index in [1.165, 1.54) is 0 Å². The van der Waals surface area contributed by atoms with Crippen LogP contribution in [0.1, 0.15) is 35.2 Å². The first kappa shape index (κ1) is 25.0. The van der Waals surface area contributed by atoms with E-state index in [0.717, 1.165) is 0 Å². The minimum atomic E-state index is -2.61. The smallest absolute Gasteiger partial charge is 0.255 e. The van der Waals surface area contributed by atoms with Crippen LogP contribution in [0.2, 0.25) is 0 Å². The van der Waals surface area contributed by atoms with Crippen LogP contribution in [0.4, 0.5) is 5.69 Å². The molecule has 5 rings (SSSR count). The number of benzene rings is 1. The average Bonchev–Trinajstić information content (AvgIpc) is 2.86. The molecule has 2 aromatic rings. The molecule has 1 aromatic carbocycles. The zero-order valence-corrected chi connectivity index (χ0v) is 20.6. The Bertz CT molecular complexity index is 1550. The van der Waals surface area contributed by atoms with Crippen LogP contribution in [0.15, 0.2) is 47.4 Å². The molecular formula is C28H25N3O7. The van der Waals surface area contributed by atoms with Crippen molar-refractivity contribution in [2.24, 2.45) is 17.6 Å². The van der Waals surface area contributed by atoms with Crippen LogP contribution in [0.5, 0.6) is 5.75 Å². The monoisotopic (exact) mass is 515 g/mol. The van der Waals surface area contributed by atoms with Crippen LogP contribution in [0, 0.1) is 23.7 Å². The van der Waals surface area contributed by atoms with Gasteiger partial charge in [-0.1, -0.05) is 12.0 Å². The number of aliphatic hydroxyl groups excluding tert-OH is 2. The Kier molecular flexibility index (Phi) is 5.76. The number of aliphatic hydroxyl groups is 3. The van der Waals surface area contributed by atoms with Crippen LogP contribution in [-0.2, 0) is 20.8 Å². The van der Waals surface area contributed by atoms with Gasteiger partial charge in [0.1, 0.15) is 28.5 Å². The van der Waals surface area contributed by atoms with Crippen molar-refractivity contribution in [1.82, 2.24) is 4.98 Å². The minimum Gasteiger partial charge on any atom is -0.508 e. The van der Waals surface area contributed by atoms with Crippen molar-refractivity contribution in [2.45, 2.75) is 24.9 Å². The number of nitrogens with two attached hydrogens (primary N) is 1. The van der Waals surface area contributed by atoms with Gasteiger partial charge < -0.3 is 31.1 Å². The largest absolute Gasteiger partial charge is 0.508 e. The number of phenols is 1. The number of anilines is 1. The van der Waals surface area contributed by atoms with Crippen LogP contribution in [0.3, 0.4) is 0 Å². The maximum atomic E-state index is 13.7. The van der Waals surface area contributed by atoms with Gasteiger partial charge in [0.15, 0.2) is 11.4 Å². The second-order valence-corrected chi connectivity index (χ2v) is 9.91. The molecule has 0 aliphatic heterocycles. The summed E-state index contributed by atoms with van der Waals surface area (Å²) >= 11 is 0. The molecule has 6 N–H and O–H groups in total. The Labute approximate surface area is 217 Å². The molecule has 194 valence electrons. The summed E-state index contributed by atoms with van der Waals surface area (Å²) in [6.45, 7) is 0. The standard InChI is InChI=1S/C28H25N3O7/c1-31(2)18-11-13(6-7-16-5-3-4-8-30-16)23(33)21-17(18)10-14-9-15-12-19(32)22(27(29)37)26(36)28(15,38)25(35)20(14)24(21)34/h3-5,8,11,14-15,33-34,36,38H,9-10,12H2,1-2H3,(H2,29,37). The van der Waals surface area contributed by atoms with Gasteiger partial charge in [0.2, 0.25) is 5.78 Å². The van der Waals surface area contributed by atoms with Crippen molar-refractivity contribution in [1.29, 1.82) is 0 Å². The quantitative estimate of drug-likeness (QED) is 0.291. The van der Waals surface area contributed by atoms with E-state index in [-0.39, 0.29) is 41.7 Å². The molecule has 1 heterocycles. The molecule has 0 bridgehead atoms. The van der Waals surface area contributed by atoms with Crippen LogP contribution in [-0.4, -0.2) is 62.6 Å². The Morgan fingerprint density at radius 3 is 2.53 bits per heavy atom. The normalized spacial score (nSPS) is 24.2. The number of aromatic hydroxyl groups is 1. The second kappa shape index (κ2) is 8.75. The lowest BCUT2D eigenvalue weighted by Crippen LogP contribution is -2.58. The molecule has 0 spiro atoms.